The Morgan fingerprint density at radius 1 is 1.07 bits per heavy atom. The van der Waals surface area contributed by atoms with Crippen molar-refractivity contribution in [3.63, 3.8) is 0 Å². The van der Waals surface area contributed by atoms with Gasteiger partial charge in [-0.05, 0) is 49.1 Å². The molecule has 2 heterocycles. The third-order valence-electron chi connectivity index (χ3n) is 7.74. The molecular formula is C31H44N2O8S. The Morgan fingerprint density at radius 2 is 1.79 bits per heavy atom. The van der Waals surface area contributed by atoms with Crippen LogP contribution in [-0.2, 0) is 40.2 Å². The number of benzene rings is 2. The zero-order valence-corrected chi connectivity index (χ0v) is 25.4. The maximum absolute atomic E-state index is 13.6. The van der Waals surface area contributed by atoms with Gasteiger partial charge in [-0.3, -0.25) is 4.79 Å². The van der Waals surface area contributed by atoms with Crippen molar-refractivity contribution in [1.82, 2.24) is 4.31 Å². The first-order valence-electron chi connectivity index (χ1n) is 14.7. The van der Waals surface area contributed by atoms with Gasteiger partial charge < -0.3 is 29.8 Å². The normalized spacial score (nSPS) is 24.0. The van der Waals surface area contributed by atoms with E-state index in [1.165, 1.54) is 28.6 Å². The SMILES string of the molecule is CCO[C@H]1CO[C@@H]2OCC[C@H](OC(=O)C[C@@H](Cc3ccccc3)[C@H](O)CN(CC(C)C)S(=O)(=O)c3ccc(N)cc3)[C@@H]21. The van der Waals surface area contributed by atoms with Crippen LogP contribution in [0.2, 0.25) is 0 Å². The summed E-state index contributed by atoms with van der Waals surface area (Å²) in [5.41, 5.74) is 7.16. The van der Waals surface area contributed by atoms with Gasteiger partial charge in [-0.2, -0.15) is 4.31 Å². The first-order chi connectivity index (χ1) is 20.1. The van der Waals surface area contributed by atoms with Crippen LogP contribution in [0.15, 0.2) is 59.5 Å². The number of ether oxygens (including phenoxy) is 4. The molecule has 0 amide bonds. The Balaban J connectivity index is 1.52. The van der Waals surface area contributed by atoms with E-state index in [1.54, 1.807) is 0 Å². The molecule has 42 heavy (non-hydrogen) atoms. The van der Waals surface area contributed by atoms with Crippen molar-refractivity contribution in [3.8, 4) is 0 Å². The topological polar surface area (TPSA) is 138 Å². The summed E-state index contributed by atoms with van der Waals surface area (Å²) in [5.74, 6) is -1.27. The maximum atomic E-state index is 13.6. The number of aliphatic hydroxyl groups is 1. The molecule has 0 spiro atoms. The highest BCUT2D eigenvalue weighted by Crippen LogP contribution is 2.35. The smallest absolute Gasteiger partial charge is 0.306 e. The summed E-state index contributed by atoms with van der Waals surface area (Å²) in [6.07, 6.45) is -1.47. The fourth-order valence-corrected chi connectivity index (χ4v) is 7.30. The number of nitrogens with zero attached hydrogens (tertiary/aromatic N) is 1. The fraction of sp³-hybridized carbons (Fsp3) is 0.581. The van der Waals surface area contributed by atoms with Gasteiger partial charge in [-0.1, -0.05) is 44.2 Å². The number of hydrogen-bond donors (Lipinski definition) is 2. The maximum Gasteiger partial charge on any atom is 0.306 e. The Morgan fingerprint density at radius 3 is 2.45 bits per heavy atom. The minimum atomic E-state index is -3.93. The number of carbonyl (C=O) groups excluding carboxylic acids is 1. The van der Waals surface area contributed by atoms with Gasteiger partial charge in [-0.25, -0.2) is 8.42 Å². The molecule has 0 radical (unpaired) electrons. The van der Waals surface area contributed by atoms with E-state index in [2.05, 4.69) is 0 Å². The standard InChI is InChI=1S/C31H44N2O8S/c1-4-38-28-20-40-31-30(28)27(14-15-39-31)41-29(35)17-23(16-22-8-6-5-7-9-22)26(34)19-33(18-21(2)3)42(36,37)25-12-10-24(32)11-13-25/h5-13,21,23,26-28,30-31,34H,4,14-20,32H2,1-3H3/t23-,26-,27+,28+,30-,31+/m1/s1. The van der Waals surface area contributed by atoms with E-state index in [4.69, 9.17) is 24.7 Å². The number of hydrogen-bond acceptors (Lipinski definition) is 9. The molecule has 0 aliphatic carbocycles. The van der Waals surface area contributed by atoms with Crippen LogP contribution >= 0.6 is 0 Å². The lowest BCUT2D eigenvalue weighted by Crippen LogP contribution is -2.46. The lowest BCUT2D eigenvalue weighted by molar-refractivity contribution is -0.200. The molecule has 2 aromatic carbocycles. The van der Waals surface area contributed by atoms with Crippen molar-refractivity contribution < 1.29 is 37.3 Å². The number of nitrogens with two attached hydrogens (primary N) is 1. The number of rotatable bonds is 14. The third kappa shape index (κ3) is 8.30. The summed E-state index contributed by atoms with van der Waals surface area (Å²) in [4.78, 5) is 13.5. The van der Waals surface area contributed by atoms with E-state index in [0.717, 1.165) is 5.56 Å². The molecule has 0 bridgehead atoms. The molecule has 0 aromatic heterocycles. The van der Waals surface area contributed by atoms with Gasteiger partial charge in [0.2, 0.25) is 10.0 Å². The van der Waals surface area contributed by atoms with Crippen molar-refractivity contribution >= 4 is 21.7 Å². The highest BCUT2D eigenvalue weighted by atomic mass is 32.2. The predicted molar refractivity (Wildman–Crippen MR) is 158 cm³/mol. The highest BCUT2D eigenvalue weighted by molar-refractivity contribution is 7.89. The average Bonchev–Trinajstić information content (AvgIpc) is 3.37. The number of aliphatic hydroxyl groups excluding tert-OH is 1. The molecular weight excluding hydrogens is 560 g/mol. The van der Waals surface area contributed by atoms with Crippen LogP contribution in [0.25, 0.3) is 0 Å². The van der Waals surface area contributed by atoms with E-state index in [0.29, 0.717) is 38.3 Å². The van der Waals surface area contributed by atoms with Gasteiger partial charge in [0.1, 0.15) is 6.10 Å². The number of esters is 1. The van der Waals surface area contributed by atoms with Crippen molar-refractivity contribution in [1.29, 1.82) is 0 Å². The van der Waals surface area contributed by atoms with E-state index in [-0.39, 0.29) is 42.3 Å². The fourth-order valence-electron chi connectivity index (χ4n) is 5.68. The van der Waals surface area contributed by atoms with Crippen LogP contribution in [0.4, 0.5) is 5.69 Å². The summed E-state index contributed by atoms with van der Waals surface area (Å²) in [6, 6.07) is 15.5. The quantitative estimate of drug-likeness (QED) is 0.246. The monoisotopic (exact) mass is 604 g/mol. The minimum absolute atomic E-state index is 0.00618. The molecule has 3 N–H and O–H groups in total. The van der Waals surface area contributed by atoms with E-state index in [1.807, 2.05) is 51.1 Å². The van der Waals surface area contributed by atoms with E-state index >= 15 is 0 Å². The van der Waals surface area contributed by atoms with Gasteiger partial charge >= 0.3 is 5.97 Å². The van der Waals surface area contributed by atoms with Crippen molar-refractivity contribution in [2.24, 2.45) is 17.8 Å². The summed E-state index contributed by atoms with van der Waals surface area (Å²) in [5, 5.41) is 11.5. The predicted octanol–water partition coefficient (Wildman–Crippen LogP) is 3.24. The van der Waals surface area contributed by atoms with Crippen LogP contribution < -0.4 is 5.73 Å². The Bertz CT molecular complexity index is 1240. The number of sulfonamides is 1. The van der Waals surface area contributed by atoms with Crippen LogP contribution in [0.1, 0.15) is 39.2 Å². The van der Waals surface area contributed by atoms with Gasteiger partial charge in [-0.15, -0.1) is 0 Å². The average molecular weight is 605 g/mol. The number of fused-ring (bicyclic) bond motifs is 1. The van der Waals surface area contributed by atoms with Gasteiger partial charge in [0.15, 0.2) is 6.29 Å². The molecule has 4 rings (SSSR count). The summed E-state index contributed by atoms with van der Waals surface area (Å²) < 4.78 is 51.8. The van der Waals surface area contributed by atoms with E-state index in [9.17, 15) is 18.3 Å². The van der Waals surface area contributed by atoms with Crippen LogP contribution in [0.5, 0.6) is 0 Å². The molecule has 2 aromatic rings. The van der Waals surface area contributed by atoms with Crippen molar-refractivity contribution in [3.05, 3.63) is 60.2 Å². The second kappa shape index (κ2) is 14.8. The van der Waals surface area contributed by atoms with Gasteiger partial charge in [0.25, 0.3) is 0 Å². The third-order valence-corrected chi connectivity index (χ3v) is 9.58. The van der Waals surface area contributed by atoms with Crippen LogP contribution in [0.3, 0.4) is 0 Å². The molecule has 232 valence electrons. The van der Waals surface area contributed by atoms with Crippen LogP contribution in [-0.4, -0.2) is 81.3 Å². The number of nitrogen functional groups attached to an aromatic ring is 1. The molecule has 11 heteroatoms. The zero-order valence-electron chi connectivity index (χ0n) is 24.6. The Labute approximate surface area is 249 Å². The molecule has 6 atom stereocenters. The molecule has 0 saturated carbocycles. The molecule has 2 saturated heterocycles. The minimum Gasteiger partial charge on any atom is -0.462 e. The number of carbonyl (C=O) groups is 1. The second-order valence-corrected chi connectivity index (χ2v) is 13.4. The molecule has 10 nitrogen and oxygen atoms in total. The summed E-state index contributed by atoms with van der Waals surface area (Å²) >= 11 is 0. The molecule has 2 fully saturated rings. The van der Waals surface area contributed by atoms with Crippen molar-refractivity contribution in [2.45, 2.75) is 69.5 Å². The summed E-state index contributed by atoms with van der Waals surface area (Å²) in [7, 11) is -3.93. The highest BCUT2D eigenvalue weighted by Gasteiger charge is 2.48. The second-order valence-electron chi connectivity index (χ2n) is 11.5. The Hall–Kier alpha value is -2.54. The summed E-state index contributed by atoms with van der Waals surface area (Å²) in [6.45, 7) is 7.06. The van der Waals surface area contributed by atoms with Gasteiger partial charge in [0.05, 0.1) is 42.7 Å². The molecule has 2 aliphatic rings. The lowest BCUT2D eigenvalue weighted by Gasteiger charge is -2.35. The van der Waals surface area contributed by atoms with Crippen molar-refractivity contribution in [2.75, 3.05) is 38.6 Å². The molecule has 0 unspecified atom stereocenters. The number of anilines is 1. The zero-order chi connectivity index (χ0) is 30.3. The first-order valence-corrected chi connectivity index (χ1v) is 16.1. The lowest BCUT2D eigenvalue weighted by atomic mass is 9.90. The van der Waals surface area contributed by atoms with Gasteiger partial charge in [0, 0.05) is 37.7 Å². The first kappa shape index (κ1) is 32.4. The molecule has 2 aliphatic heterocycles. The largest absolute Gasteiger partial charge is 0.462 e. The van der Waals surface area contributed by atoms with Crippen LogP contribution in [0, 0.1) is 17.8 Å². The Kier molecular flexibility index (Phi) is 11.4. The van der Waals surface area contributed by atoms with E-state index < -0.39 is 40.4 Å².